The van der Waals surface area contributed by atoms with Crippen molar-refractivity contribution in [3.8, 4) is 0 Å². The minimum Gasteiger partial charge on any atom is -0.481 e. The summed E-state index contributed by atoms with van der Waals surface area (Å²) in [6, 6.07) is 9.97. The van der Waals surface area contributed by atoms with Gasteiger partial charge >= 0.3 is 5.97 Å². The molecule has 1 saturated carbocycles. The fraction of sp³-hybridized carbons (Fsp3) is 0.588. The van der Waals surface area contributed by atoms with E-state index in [-0.39, 0.29) is 17.4 Å². The summed E-state index contributed by atoms with van der Waals surface area (Å²) in [5.41, 5.74) is 1.14. The first-order valence-corrected chi connectivity index (χ1v) is 7.59. The summed E-state index contributed by atoms with van der Waals surface area (Å²) in [5.74, 6) is -0.684. The second-order valence-electron chi connectivity index (χ2n) is 6.27. The topological polar surface area (TPSA) is 46.5 Å². The second-order valence-corrected chi connectivity index (χ2v) is 6.27. The van der Waals surface area contributed by atoms with Gasteiger partial charge in [0.1, 0.15) is 0 Å². The molecule has 3 nitrogen and oxygen atoms in total. The van der Waals surface area contributed by atoms with Crippen molar-refractivity contribution in [2.75, 3.05) is 6.61 Å². The van der Waals surface area contributed by atoms with Crippen molar-refractivity contribution in [2.45, 2.75) is 44.1 Å². The minimum atomic E-state index is -0.657. The van der Waals surface area contributed by atoms with Gasteiger partial charge in [0.2, 0.25) is 0 Å². The van der Waals surface area contributed by atoms with Gasteiger partial charge in [-0.05, 0) is 50.0 Å². The van der Waals surface area contributed by atoms with Crippen LogP contribution in [0, 0.1) is 11.8 Å². The highest BCUT2D eigenvalue weighted by Crippen LogP contribution is 2.46. The number of ether oxygens (including phenoxy) is 1. The van der Waals surface area contributed by atoms with Crippen LogP contribution in [0.25, 0.3) is 0 Å². The van der Waals surface area contributed by atoms with E-state index in [9.17, 15) is 9.90 Å². The third kappa shape index (κ3) is 2.73. The van der Waals surface area contributed by atoms with Crippen molar-refractivity contribution in [3.63, 3.8) is 0 Å². The summed E-state index contributed by atoms with van der Waals surface area (Å²) in [5, 5.41) is 9.61. The lowest BCUT2D eigenvalue weighted by molar-refractivity contribution is -0.162. The summed E-state index contributed by atoms with van der Waals surface area (Å²) in [6.07, 6.45) is 5.89. The highest BCUT2D eigenvalue weighted by Gasteiger charge is 2.45. The van der Waals surface area contributed by atoms with Gasteiger partial charge in [-0.1, -0.05) is 30.3 Å². The number of rotatable bonds is 4. The summed E-state index contributed by atoms with van der Waals surface area (Å²) in [6.45, 7) is 0.725. The average Bonchev–Trinajstić information content (AvgIpc) is 2.44. The van der Waals surface area contributed by atoms with Crippen LogP contribution in [0.1, 0.15) is 37.7 Å². The number of aliphatic carboxylic acids is 1. The van der Waals surface area contributed by atoms with E-state index >= 15 is 0 Å². The molecule has 1 spiro atoms. The van der Waals surface area contributed by atoms with Gasteiger partial charge in [0.25, 0.3) is 0 Å². The molecule has 1 aromatic rings. The van der Waals surface area contributed by atoms with Crippen molar-refractivity contribution in [2.24, 2.45) is 11.8 Å². The second kappa shape index (κ2) is 5.57. The molecule has 2 aliphatic rings. The Bertz CT molecular complexity index is 464. The molecule has 1 N–H and O–H groups in total. The SMILES string of the molecule is O=C(O)C(Cc1ccccc1)C1CCOC2(CCC2)C1. The molecule has 1 aromatic carbocycles. The molecule has 3 rings (SSSR count). The van der Waals surface area contributed by atoms with Gasteiger partial charge < -0.3 is 9.84 Å². The summed E-state index contributed by atoms with van der Waals surface area (Å²) < 4.78 is 5.92. The van der Waals surface area contributed by atoms with E-state index in [0.29, 0.717) is 6.42 Å². The molecule has 0 bridgehead atoms. The van der Waals surface area contributed by atoms with Gasteiger partial charge in [-0.2, -0.15) is 0 Å². The maximum Gasteiger partial charge on any atom is 0.307 e. The Hall–Kier alpha value is -1.35. The molecule has 3 heteroatoms. The fourth-order valence-electron chi connectivity index (χ4n) is 3.65. The van der Waals surface area contributed by atoms with Crippen LogP contribution in [-0.2, 0) is 16.0 Å². The fourth-order valence-corrected chi connectivity index (χ4v) is 3.65. The average molecular weight is 274 g/mol. The lowest BCUT2D eigenvalue weighted by Gasteiger charge is -2.48. The third-order valence-electron chi connectivity index (χ3n) is 4.98. The summed E-state index contributed by atoms with van der Waals surface area (Å²) in [7, 11) is 0. The smallest absolute Gasteiger partial charge is 0.307 e. The van der Waals surface area contributed by atoms with Crippen LogP contribution in [0.4, 0.5) is 0 Å². The predicted octanol–water partition coefficient (Wildman–Crippen LogP) is 3.28. The van der Waals surface area contributed by atoms with Crippen molar-refractivity contribution < 1.29 is 14.6 Å². The van der Waals surface area contributed by atoms with Crippen LogP contribution in [0.5, 0.6) is 0 Å². The van der Waals surface area contributed by atoms with E-state index in [2.05, 4.69) is 0 Å². The van der Waals surface area contributed by atoms with E-state index < -0.39 is 5.97 Å². The van der Waals surface area contributed by atoms with E-state index in [4.69, 9.17) is 4.74 Å². The first-order valence-electron chi connectivity index (χ1n) is 7.59. The van der Waals surface area contributed by atoms with Crippen LogP contribution in [-0.4, -0.2) is 23.3 Å². The highest BCUT2D eigenvalue weighted by atomic mass is 16.5. The quantitative estimate of drug-likeness (QED) is 0.916. The molecule has 1 aliphatic heterocycles. The van der Waals surface area contributed by atoms with E-state index in [1.165, 1.54) is 6.42 Å². The highest BCUT2D eigenvalue weighted by molar-refractivity contribution is 5.70. The van der Waals surface area contributed by atoms with Crippen molar-refractivity contribution in [1.29, 1.82) is 0 Å². The van der Waals surface area contributed by atoms with Crippen LogP contribution in [0.2, 0.25) is 0 Å². The van der Waals surface area contributed by atoms with Gasteiger partial charge in [-0.3, -0.25) is 4.79 Å². The molecule has 2 fully saturated rings. The van der Waals surface area contributed by atoms with Gasteiger partial charge in [-0.15, -0.1) is 0 Å². The molecule has 1 heterocycles. The predicted molar refractivity (Wildman–Crippen MR) is 76.5 cm³/mol. The molecule has 0 radical (unpaired) electrons. The van der Waals surface area contributed by atoms with Gasteiger partial charge in [0.15, 0.2) is 0 Å². The number of benzene rings is 1. The summed E-state index contributed by atoms with van der Waals surface area (Å²) >= 11 is 0. The Morgan fingerprint density at radius 1 is 1.35 bits per heavy atom. The van der Waals surface area contributed by atoms with Crippen LogP contribution in [0.15, 0.2) is 30.3 Å². The van der Waals surface area contributed by atoms with Crippen molar-refractivity contribution in [1.82, 2.24) is 0 Å². The maximum absolute atomic E-state index is 11.7. The maximum atomic E-state index is 11.7. The molecule has 0 aromatic heterocycles. The largest absolute Gasteiger partial charge is 0.481 e. The van der Waals surface area contributed by atoms with E-state index in [1.807, 2.05) is 30.3 Å². The number of hydrogen-bond donors (Lipinski definition) is 1. The third-order valence-corrected chi connectivity index (χ3v) is 4.98. The molecule has 1 saturated heterocycles. The molecule has 0 amide bonds. The molecule has 2 atom stereocenters. The normalized spacial score (nSPS) is 25.9. The lowest BCUT2D eigenvalue weighted by atomic mass is 9.68. The molecule has 20 heavy (non-hydrogen) atoms. The molecule has 108 valence electrons. The summed E-state index contributed by atoms with van der Waals surface area (Å²) in [4.78, 5) is 11.7. The molecular formula is C17H22O3. The van der Waals surface area contributed by atoms with E-state index in [0.717, 1.165) is 37.9 Å². The van der Waals surface area contributed by atoms with Crippen molar-refractivity contribution >= 4 is 5.97 Å². The molecular weight excluding hydrogens is 252 g/mol. The Labute approximate surface area is 120 Å². The van der Waals surface area contributed by atoms with Crippen LogP contribution >= 0.6 is 0 Å². The molecule has 2 unspecified atom stereocenters. The zero-order valence-electron chi connectivity index (χ0n) is 11.8. The van der Waals surface area contributed by atoms with Gasteiger partial charge in [0, 0.05) is 6.61 Å². The lowest BCUT2D eigenvalue weighted by Crippen LogP contribution is -2.48. The zero-order chi connectivity index (χ0) is 14.0. The van der Waals surface area contributed by atoms with Gasteiger partial charge in [0.05, 0.1) is 11.5 Å². The zero-order valence-corrected chi connectivity index (χ0v) is 11.8. The first kappa shape index (κ1) is 13.6. The molecule has 1 aliphatic carbocycles. The Morgan fingerprint density at radius 3 is 2.70 bits per heavy atom. The Balaban J connectivity index is 1.71. The number of carbonyl (C=O) groups is 1. The Kier molecular flexibility index (Phi) is 3.79. The monoisotopic (exact) mass is 274 g/mol. The van der Waals surface area contributed by atoms with Crippen LogP contribution in [0.3, 0.4) is 0 Å². The van der Waals surface area contributed by atoms with Crippen LogP contribution < -0.4 is 0 Å². The minimum absolute atomic E-state index is 0.0211. The number of hydrogen-bond acceptors (Lipinski definition) is 2. The van der Waals surface area contributed by atoms with Gasteiger partial charge in [-0.25, -0.2) is 0 Å². The standard InChI is InChI=1S/C17H22O3/c18-16(19)15(11-13-5-2-1-3-6-13)14-7-10-20-17(12-14)8-4-9-17/h1-3,5-6,14-15H,4,7-12H2,(H,18,19). The number of carboxylic acids is 1. The number of carboxylic acid groups (broad SMARTS) is 1. The Morgan fingerprint density at radius 2 is 2.10 bits per heavy atom. The van der Waals surface area contributed by atoms with Crippen molar-refractivity contribution in [3.05, 3.63) is 35.9 Å². The van der Waals surface area contributed by atoms with E-state index in [1.54, 1.807) is 0 Å². The first-order chi connectivity index (χ1) is 9.69.